The zero-order valence-corrected chi connectivity index (χ0v) is 36.0. The van der Waals surface area contributed by atoms with Gasteiger partial charge in [0, 0.05) is 6.92 Å². The Morgan fingerprint density at radius 2 is 1.24 bits per heavy atom. The highest BCUT2D eigenvalue weighted by Crippen LogP contribution is 2.51. The quantitative estimate of drug-likeness (QED) is 0.159. The van der Waals surface area contributed by atoms with Gasteiger partial charge < -0.3 is 26.9 Å². The molecule has 7 nitrogen and oxygen atoms in total. The van der Waals surface area contributed by atoms with E-state index in [-0.39, 0.29) is 33.2 Å². The Kier molecular flexibility index (Phi) is 13.4. The van der Waals surface area contributed by atoms with E-state index in [1.54, 1.807) is 11.8 Å². The van der Waals surface area contributed by atoms with Crippen LogP contribution < -0.4 is 10.4 Å². The molecule has 2 fully saturated rings. The number of hydrogen-bond acceptors (Lipinski definition) is 8. The van der Waals surface area contributed by atoms with Crippen molar-refractivity contribution >= 4 is 53.5 Å². The van der Waals surface area contributed by atoms with Crippen LogP contribution in [0.2, 0.25) is 27.2 Å². The van der Waals surface area contributed by atoms with E-state index in [9.17, 15) is 4.79 Å². The van der Waals surface area contributed by atoms with Gasteiger partial charge in [-0.25, -0.2) is 0 Å². The average Bonchev–Trinajstić information content (AvgIpc) is 3.21. The fourth-order valence-corrected chi connectivity index (χ4v) is 24.8. The van der Waals surface area contributed by atoms with Crippen molar-refractivity contribution in [1.82, 2.24) is 0 Å². The molecule has 2 aromatic carbocycles. The summed E-state index contributed by atoms with van der Waals surface area (Å²) in [5.41, 5.74) is 0.123. The molecule has 0 N–H and O–H groups in total. The maximum absolute atomic E-state index is 12.7. The summed E-state index contributed by atoms with van der Waals surface area (Å²) in [6, 6.07) is 21.4. The van der Waals surface area contributed by atoms with Crippen LogP contribution in [0.25, 0.3) is 0 Å². The second-order valence-corrected chi connectivity index (χ2v) is 30.3. The second kappa shape index (κ2) is 16.2. The highest BCUT2D eigenvalue weighted by atomic mass is 32.2. The lowest BCUT2D eigenvalue weighted by Crippen LogP contribution is -2.69. The number of rotatable bonds is 12. The van der Waals surface area contributed by atoms with E-state index < -0.39 is 55.3 Å². The molecule has 0 aliphatic carbocycles. The number of carbonyl (C=O) groups is 1. The monoisotopic (exact) mass is 746 g/mol. The van der Waals surface area contributed by atoms with E-state index in [2.05, 4.69) is 144 Å². The largest absolute Gasteiger partial charge is 0.456 e. The Morgan fingerprint density at radius 1 is 0.796 bits per heavy atom. The third kappa shape index (κ3) is 7.90. The van der Waals surface area contributed by atoms with Gasteiger partial charge in [0.2, 0.25) is 0 Å². The first-order valence-electron chi connectivity index (χ1n) is 18.2. The molecule has 2 aliphatic rings. The summed E-state index contributed by atoms with van der Waals surface area (Å²) in [7, 11) is -8.87. The number of ether oxygens (including phenoxy) is 2. The molecule has 5 atom stereocenters. The topological polar surface area (TPSA) is 72.5 Å². The van der Waals surface area contributed by atoms with Crippen molar-refractivity contribution in [1.29, 1.82) is 0 Å². The van der Waals surface area contributed by atoms with Crippen LogP contribution in [0.1, 0.15) is 90.0 Å². The highest BCUT2D eigenvalue weighted by molar-refractivity contribution is 7.99. The number of benzene rings is 2. The molecule has 49 heavy (non-hydrogen) atoms. The molecule has 0 aromatic heterocycles. The van der Waals surface area contributed by atoms with Gasteiger partial charge >= 0.3 is 23.1 Å². The summed E-state index contributed by atoms with van der Waals surface area (Å²) in [5.74, 6) is 0.426. The second-order valence-electron chi connectivity index (χ2n) is 15.9. The van der Waals surface area contributed by atoms with Gasteiger partial charge in [-0.3, -0.25) is 4.79 Å². The third-order valence-electron chi connectivity index (χ3n) is 10.3. The van der Waals surface area contributed by atoms with Crippen molar-refractivity contribution in [2.45, 2.75) is 147 Å². The molecule has 4 rings (SSSR count). The number of esters is 1. The Balaban J connectivity index is 1.93. The first-order valence-corrected chi connectivity index (χ1v) is 25.1. The summed E-state index contributed by atoms with van der Waals surface area (Å²) >= 11 is 1.64. The summed E-state index contributed by atoms with van der Waals surface area (Å²) in [6.07, 6.45) is -2.27. The number of thioether (sulfide) groups is 1. The molecular weight excluding hydrogens is 685 g/mol. The average molecular weight is 747 g/mol. The van der Waals surface area contributed by atoms with Crippen molar-refractivity contribution in [3.8, 4) is 0 Å². The Morgan fingerprint density at radius 3 is 1.63 bits per heavy atom. The Bertz CT molecular complexity index is 1300. The van der Waals surface area contributed by atoms with Gasteiger partial charge in [0.25, 0.3) is 8.32 Å². The van der Waals surface area contributed by atoms with Crippen LogP contribution >= 0.6 is 11.8 Å². The van der Waals surface area contributed by atoms with E-state index in [0.717, 1.165) is 5.75 Å². The summed E-state index contributed by atoms with van der Waals surface area (Å²) in [5, 5.41) is 2.20. The molecule has 0 bridgehead atoms. The van der Waals surface area contributed by atoms with E-state index >= 15 is 0 Å². The zero-order valence-electron chi connectivity index (χ0n) is 32.1. The van der Waals surface area contributed by atoms with E-state index in [4.69, 9.17) is 26.9 Å². The highest BCUT2D eigenvalue weighted by Gasteiger charge is 2.65. The van der Waals surface area contributed by atoms with Gasteiger partial charge in [0.15, 0.2) is 6.10 Å². The lowest BCUT2D eigenvalue weighted by molar-refractivity contribution is -0.208. The van der Waals surface area contributed by atoms with Gasteiger partial charge in [-0.15, -0.1) is 11.8 Å². The molecule has 11 heteroatoms. The number of hydrogen-bond donors (Lipinski definition) is 0. The predicted molar refractivity (Wildman–Crippen MR) is 209 cm³/mol. The normalized spacial score (nSPS) is 25.8. The van der Waals surface area contributed by atoms with Crippen molar-refractivity contribution in [3.05, 3.63) is 60.7 Å². The van der Waals surface area contributed by atoms with E-state index in [1.165, 1.54) is 17.3 Å². The summed E-state index contributed by atoms with van der Waals surface area (Å²) in [4.78, 5) is 12.7. The van der Waals surface area contributed by atoms with Gasteiger partial charge in [0.1, 0.15) is 23.7 Å². The van der Waals surface area contributed by atoms with E-state index in [0.29, 0.717) is 6.61 Å². The molecule has 2 saturated heterocycles. The first kappa shape index (κ1) is 40.5. The van der Waals surface area contributed by atoms with Gasteiger partial charge in [0.05, 0.1) is 6.61 Å². The molecule has 2 heterocycles. The fraction of sp³-hybridized carbons (Fsp3) is 0.658. The smallest absolute Gasteiger partial charge is 0.335 e. The molecule has 274 valence electrons. The summed E-state index contributed by atoms with van der Waals surface area (Å²) < 4.78 is 43.3. The van der Waals surface area contributed by atoms with Gasteiger partial charge in [-0.2, -0.15) is 0 Å². The zero-order chi connectivity index (χ0) is 36.4. The maximum Gasteiger partial charge on any atom is 0.335 e. The molecule has 0 radical (unpaired) electrons. The lowest BCUT2D eigenvalue weighted by atomic mass is 10.00. The summed E-state index contributed by atoms with van der Waals surface area (Å²) in [6.45, 7) is 28.5. The van der Waals surface area contributed by atoms with Crippen molar-refractivity contribution in [3.63, 3.8) is 0 Å². The Hall–Kier alpha value is -1.29. The standard InChI is InChI=1S/C38H62O7SSi3/c1-14-46-37-36(41-30(10)39)35-34(43-48(26(2)3,27(4)5)45-49(44-35,28(6)7)29(8)9)33(42-37)25-40-47(38(11,12)13,31-21-17-15-18-22-31)32-23-19-16-20-24-32/h15-24,26-29,33-37H,14,25H2,1-13H3/t33-,34-,35+,36-,37+/m1/s1. The van der Waals surface area contributed by atoms with Gasteiger partial charge in [-0.1, -0.05) is 144 Å². The van der Waals surface area contributed by atoms with Crippen LogP contribution in [0, 0.1) is 0 Å². The number of carbonyl (C=O) groups excluding carboxylic acids is 1. The Labute approximate surface area is 304 Å². The van der Waals surface area contributed by atoms with Gasteiger partial charge in [-0.05, 0) is 43.3 Å². The van der Waals surface area contributed by atoms with Crippen LogP contribution in [0.3, 0.4) is 0 Å². The maximum atomic E-state index is 12.7. The number of fused-ring (bicyclic) bond motifs is 1. The van der Waals surface area contributed by atoms with Crippen LogP contribution in [0.5, 0.6) is 0 Å². The third-order valence-corrected chi connectivity index (χ3v) is 26.6. The lowest BCUT2D eigenvalue weighted by Gasteiger charge is -2.49. The van der Waals surface area contributed by atoms with Crippen LogP contribution in [0.15, 0.2) is 60.7 Å². The van der Waals surface area contributed by atoms with Crippen LogP contribution in [0.4, 0.5) is 0 Å². The molecule has 0 saturated carbocycles. The van der Waals surface area contributed by atoms with Crippen LogP contribution in [-0.2, 0) is 31.7 Å². The fourth-order valence-electron chi connectivity index (χ4n) is 7.94. The first-order chi connectivity index (χ1) is 23.0. The molecule has 0 unspecified atom stereocenters. The molecule has 2 aliphatic heterocycles. The van der Waals surface area contributed by atoms with Crippen molar-refractivity contribution < 1.29 is 31.7 Å². The van der Waals surface area contributed by atoms with Crippen molar-refractivity contribution in [2.24, 2.45) is 0 Å². The van der Waals surface area contributed by atoms with E-state index in [1.807, 2.05) is 0 Å². The molecule has 0 spiro atoms. The molecule has 2 aromatic rings. The SMILES string of the molecule is CCS[C@@H]1O[C@H](CO[Si](c2ccccc2)(c2ccccc2)C(C)(C)C)[C@H]2O[Si](C(C)C)(C(C)C)O[Si](C(C)C)(C(C)C)O[C@@H]2[C@H]1OC(C)=O. The van der Waals surface area contributed by atoms with Crippen LogP contribution in [-0.4, -0.2) is 73.6 Å². The minimum Gasteiger partial charge on any atom is -0.456 e. The minimum absolute atomic E-state index is 0.143. The molecule has 0 amide bonds. The predicted octanol–water partition coefficient (Wildman–Crippen LogP) is 8.30. The molecular formula is C38H62O7SSi3. The van der Waals surface area contributed by atoms with Crippen molar-refractivity contribution in [2.75, 3.05) is 12.4 Å². The minimum atomic E-state index is -2.98.